The zero-order valence-electron chi connectivity index (χ0n) is 25.1. The van der Waals surface area contributed by atoms with Crippen LogP contribution in [0.25, 0.3) is 28.0 Å². The van der Waals surface area contributed by atoms with Gasteiger partial charge in [0.1, 0.15) is 11.1 Å². The highest BCUT2D eigenvalue weighted by Gasteiger charge is 2.32. The van der Waals surface area contributed by atoms with Gasteiger partial charge in [0.15, 0.2) is 22.4 Å². The maximum absolute atomic E-state index is 15.6. The fourth-order valence-electron chi connectivity index (χ4n) is 5.11. The first-order valence-corrected chi connectivity index (χ1v) is 14.8. The Labute approximate surface area is 267 Å². The number of benzene rings is 2. The van der Waals surface area contributed by atoms with Crippen LogP contribution in [-0.4, -0.2) is 49.5 Å². The van der Waals surface area contributed by atoms with Gasteiger partial charge in [0.2, 0.25) is 0 Å². The summed E-state index contributed by atoms with van der Waals surface area (Å²) in [5, 5.41) is 26.6. The average molecular weight is 657 g/mol. The van der Waals surface area contributed by atoms with Crippen LogP contribution in [0, 0.1) is 26.0 Å². The summed E-state index contributed by atoms with van der Waals surface area (Å²) in [5.41, 5.74) is 15.1. The first-order valence-electron chi connectivity index (χ1n) is 14.4. The third kappa shape index (κ3) is 7.47. The summed E-state index contributed by atoms with van der Waals surface area (Å²) in [7, 11) is 0. The molecule has 0 aliphatic carbocycles. The van der Waals surface area contributed by atoms with Gasteiger partial charge >= 0.3 is 11.4 Å². The molecule has 2 aromatic heterocycles. The fourth-order valence-corrected chi connectivity index (χ4v) is 5.40. The molecule has 8 N–H and O–H groups in total. The van der Waals surface area contributed by atoms with Gasteiger partial charge in [-0.2, -0.15) is 4.98 Å². The van der Waals surface area contributed by atoms with Gasteiger partial charge in [-0.05, 0) is 69.8 Å². The molecule has 2 aromatic carbocycles. The molecule has 17 heteroatoms. The molecule has 4 rings (SSSR count). The second kappa shape index (κ2) is 14.4. The third-order valence-electron chi connectivity index (χ3n) is 7.41. The number of rotatable bonds is 14. The van der Waals surface area contributed by atoms with E-state index in [4.69, 9.17) is 28.8 Å². The van der Waals surface area contributed by atoms with Gasteiger partial charge in [-0.1, -0.05) is 23.7 Å². The van der Waals surface area contributed by atoms with E-state index in [0.29, 0.717) is 31.6 Å². The lowest BCUT2D eigenvalue weighted by atomic mass is 9.99. The van der Waals surface area contributed by atoms with Gasteiger partial charge in [-0.3, -0.25) is 29.8 Å². The van der Waals surface area contributed by atoms with Crippen LogP contribution in [0.1, 0.15) is 50.3 Å². The maximum Gasteiger partial charge on any atom is 0.354 e. The Kier molecular flexibility index (Phi) is 10.7. The monoisotopic (exact) mass is 656 g/mol. The van der Waals surface area contributed by atoms with E-state index in [1.165, 1.54) is 12.3 Å². The van der Waals surface area contributed by atoms with E-state index in [-0.39, 0.29) is 52.3 Å². The lowest BCUT2D eigenvalue weighted by Gasteiger charge is -2.15. The molecule has 244 valence electrons. The summed E-state index contributed by atoms with van der Waals surface area (Å²) in [6, 6.07) is 7.91. The number of halogens is 2. The standard InChI is InChI=1S/C29H34ClFN10O5/c1-15(32)5-3-6-18-13-20(23(31)22(30)25(18)40(43)44)24-26(41(45)46)21-14-39(29(42)38-27(21)37-24)19-9-7-17(8-10-19)16(2)35-11-4-12-36-28(33)34/h7-10,13-16,35H,3-6,11-12,32H2,1-2H3,(H4,33,34,36)(H,37,38,42)/t15-,16?/m0/s1. The van der Waals surface area contributed by atoms with Crippen LogP contribution in [0.15, 0.2) is 46.3 Å². The van der Waals surface area contributed by atoms with E-state index in [1.807, 2.05) is 6.92 Å². The van der Waals surface area contributed by atoms with Crippen LogP contribution in [0.2, 0.25) is 5.02 Å². The second-order valence-electron chi connectivity index (χ2n) is 10.9. The van der Waals surface area contributed by atoms with Gasteiger partial charge in [-0.15, -0.1) is 0 Å². The smallest absolute Gasteiger partial charge is 0.354 e. The number of guanidine groups is 1. The molecular weight excluding hydrogens is 623 g/mol. The number of fused-ring (bicyclic) bond motifs is 1. The Hall–Kier alpha value is -4.93. The largest absolute Gasteiger partial charge is 0.370 e. The fraction of sp³-hybridized carbons (Fsp3) is 0.345. The van der Waals surface area contributed by atoms with Crippen LogP contribution in [0.4, 0.5) is 15.8 Å². The molecule has 0 saturated carbocycles. The molecule has 4 aromatic rings. The topological polar surface area (TPSA) is 239 Å². The highest BCUT2D eigenvalue weighted by atomic mass is 35.5. The lowest BCUT2D eigenvalue weighted by molar-refractivity contribution is -0.385. The molecule has 15 nitrogen and oxygen atoms in total. The molecule has 0 spiro atoms. The van der Waals surface area contributed by atoms with Crippen molar-refractivity contribution in [3.05, 3.63) is 89.2 Å². The third-order valence-corrected chi connectivity index (χ3v) is 7.76. The minimum absolute atomic E-state index is 0.0357. The summed E-state index contributed by atoms with van der Waals surface area (Å²) < 4.78 is 16.7. The molecule has 2 atom stereocenters. The number of nitro benzene ring substituents is 1. The van der Waals surface area contributed by atoms with E-state index >= 15 is 4.39 Å². The molecule has 1 unspecified atom stereocenters. The Morgan fingerprint density at radius 2 is 1.83 bits per heavy atom. The number of nitrogens with two attached hydrogens (primary N) is 3. The summed E-state index contributed by atoms with van der Waals surface area (Å²) >= 11 is 6.13. The van der Waals surface area contributed by atoms with Crippen molar-refractivity contribution in [3.8, 4) is 16.9 Å². The zero-order chi connectivity index (χ0) is 33.7. The minimum atomic E-state index is -1.22. The molecule has 46 heavy (non-hydrogen) atoms. The predicted octanol–water partition coefficient (Wildman–Crippen LogP) is 3.97. The molecule has 0 bridgehead atoms. The summed E-state index contributed by atoms with van der Waals surface area (Å²) in [5.74, 6) is -1.18. The molecule has 0 saturated heterocycles. The summed E-state index contributed by atoms with van der Waals surface area (Å²) in [4.78, 5) is 46.2. The number of nitrogens with one attached hydrogen (secondary N) is 2. The van der Waals surface area contributed by atoms with Crippen molar-refractivity contribution in [2.24, 2.45) is 22.2 Å². The summed E-state index contributed by atoms with van der Waals surface area (Å²) in [6.45, 7) is 4.90. The van der Waals surface area contributed by atoms with Gasteiger partial charge in [0, 0.05) is 36.0 Å². The highest BCUT2D eigenvalue weighted by Crippen LogP contribution is 2.42. The Balaban J connectivity index is 1.73. The normalized spacial score (nSPS) is 12.6. The number of aromatic nitrogens is 3. The van der Waals surface area contributed by atoms with E-state index in [9.17, 15) is 25.0 Å². The van der Waals surface area contributed by atoms with Crippen molar-refractivity contribution in [2.45, 2.75) is 51.6 Å². The first-order chi connectivity index (χ1) is 21.8. The van der Waals surface area contributed by atoms with Crippen LogP contribution >= 0.6 is 11.6 Å². The van der Waals surface area contributed by atoms with E-state index in [1.54, 1.807) is 31.2 Å². The van der Waals surface area contributed by atoms with Crippen molar-refractivity contribution in [1.29, 1.82) is 0 Å². The van der Waals surface area contributed by atoms with Gasteiger partial charge < -0.3 is 27.5 Å². The summed E-state index contributed by atoms with van der Waals surface area (Å²) in [6.07, 6.45) is 3.06. The Morgan fingerprint density at radius 1 is 1.15 bits per heavy atom. The number of hydrogen-bond acceptors (Lipinski definition) is 9. The average Bonchev–Trinajstić information content (AvgIpc) is 3.35. The molecular formula is C29H34ClFN10O5. The van der Waals surface area contributed by atoms with Crippen molar-refractivity contribution in [3.63, 3.8) is 0 Å². The van der Waals surface area contributed by atoms with Crippen molar-refractivity contribution < 1.29 is 14.2 Å². The maximum atomic E-state index is 15.6. The number of nitro groups is 2. The molecule has 0 amide bonds. The predicted molar refractivity (Wildman–Crippen MR) is 174 cm³/mol. The molecule has 2 heterocycles. The van der Waals surface area contributed by atoms with Crippen molar-refractivity contribution in [2.75, 3.05) is 13.1 Å². The highest BCUT2D eigenvalue weighted by molar-refractivity contribution is 6.33. The van der Waals surface area contributed by atoms with Crippen LogP contribution in [0.3, 0.4) is 0 Å². The zero-order valence-corrected chi connectivity index (χ0v) is 25.9. The van der Waals surface area contributed by atoms with Crippen LogP contribution < -0.4 is 28.2 Å². The quantitative estimate of drug-likeness (QED) is 0.0430. The van der Waals surface area contributed by atoms with E-state index in [2.05, 4.69) is 20.3 Å². The van der Waals surface area contributed by atoms with Gasteiger partial charge in [0.25, 0.3) is 5.69 Å². The van der Waals surface area contributed by atoms with Crippen LogP contribution in [-0.2, 0) is 6.42 Å². The molecule has 0 fully saturated rings. The van der Waals surface area contributed by atoms with E-state index in [0.717, 1.165) is 16.6 Å². The number of nitrogens with zero attached hydrogens (tertiary/aromatic N) is 5. The first kappa shape index (κ1) is 34.0. The SMILES string of the molecule is CC(NCCCN=C(N)N)c1ccc(-n2cc3c([N+](=O)[O-])c(-c4cc(CCC[C@H](C)N)c([N+](=O)[O-])c(Cl)c4F)[nH]c3nc2=O)cc1. The van der Waals surface area contributed by atoms with E-state index < -0.39 is 37.8 Å². The van der Waals surface area contributed by atoms with Crippen molar-refractivity contribution in [1.82, 2.24) is 19.9 Å². The number of aryl methyl sites for hydroxylation is 1. The minimum Gasteiger partial charge on any atom is -0.370 e. The number of hydrogen-bond donors (Lipinski definition) is 5. The van der Waals surface area contributed by atoms with Crippen molar-refractivity contribution >= 4 is 40.0 Å². The number of H-pyrrole nitrogens is 1. The van der Waals surface area contributed by atoms with Gasteiger partial charge in [-0.25, -0.2) is 9.18 Å². The molecule has 0 aliphatic rings. The molecule has 0 radical (unpaired) electrons. The lowest BCUT2D eigenvalue weighted by Crippen LogP contribution is -2.24. The molecule has 0 aliphatic heterocycles. The Morgan fingerprint density at radius 3 is 2.43 bits per heavy atom. The number of aromatic amines is 1. The second-order valence-corrected chi connectivity index (χ2v) is 11.3. The van der Waals surface area contributed by atoms with Crippen LogP contribution in [0.5, 0.6) is 0 Å². The number of aliphatic imine (C=N–C) groups is 1. The van der Waals surface area contributed by atoms with Gasteiger partial charge in [0.05, 0.1) is 15.5 Å². The Bertz CT molecular complexity index is 1850.